The molecule has 1 fully saturated rings. The van der Waals surface area contributed by atoms with E-state index in [9.17, 15) is 9.18 Å². The molecule has 2 rings (SSSR count). The van der Waals surface area contributed by atoms with Gasteiger partial charge in [0, 0.05) is 38.8 Å². The Morgan fingerprint density at radius 1 is 1.22 bits per heavy atom. The summed E-state index contributed by atoms with van der Waals surface area (Å²) in [7, 11) is 0. The summed E-state index contributed by atoms with van der Waals surface area (Å²) in [6.45, 7) is 8.69. The second kappa shape index (κ2) is 7.27. The summed E-state index contributed by atoms with van der Waals surface area (Å²) in [4.78, 5) is 16.0. The van der Waals surface area contributed by atoms with Gasteiger partial charge >= 0.3 is 6.09 Å². The molecule has 1 saturated heterocycles. The fourth-order valence-corrected chi connectivity index (χ4v) is 2.72. The minimum atomic E-state index is -0.484. The van der Waals surface area contributed by atoms with Crippen LogP contribution in [-0.4, -0.2) is 54.2 Å². The van der Waals surface area contributed by atoms with Gasteiger partial charge in [-0.25, -0.2) is 9.18 Å². The summed E-state index contributed by atoms with van der Waals surface area (Å²) in [6, 6.07) is 6.49. The van der Waals surface area contributed by atoms with Gasteiger partial charge in [-0.2, -0.15) is 0 Å². The van der Waals surface area contributed by atoms with Gasteiger partial charge in [0.05, 0.1) is 0 Å². The van der Waals surface area contributed by atoms with E-state index in [2.05, 4.69) is 4.90 Å². The van der Waals surface area contributed by atoms with Crippen LogP contribution in [0.25, 0.3) is 0 Å². The number of rotatable bonds is 3. The van der Waals surface area contributed by atoms with E-state index in [0.29, 0.717) is 19.6 Å². The first kappa shape index (κ1) is 17.7. The zero-order valence-corrected chi connectivity index (χ0v) is 14.1. The van der Waals surface area contributed by atoms with Gasteiger partial charge < -0.3 is 15.4 Å². The first-order valence-corrected chi connectivity index (χ1v) is 7.97. The van der Waals surface area contributed by atoms with Gasteiger partial charge in [-0.15, -0.1) is 0 Å². The zero-order chi connectivity index (χ0) is 17.0. The van der Waals surface area contributed by atoms with Crippen LogP contribution in [0.5, 0.6) is 0 Å². The van der Waals surface area contributed by atoms with E-state index in [1.807, 2.05) is 20.8 Å². The Labute approximate surface area is 137 Å². The summed E-state index contributed by atoms with van der Waals surface area (Å²) >= 11 is 0. The van der Waals surface area contributed by atoms with Crippen LogP contribution in [0.2, 0.25) is 0 Å². The van der Waals surface area contributed by atoms with Gasteiger partial charge in [-0.1, -0.05) is 12.1 Å². The Hall–Kier alpha value is -1.66. The molecule has 1 aliphatic heterocycles. The second-order valence-corrected chi connectivity index (χ2v) is 6.81. The average Bonchev–Trinajstić information content (AvgIpc) is 2.49. The van der Waals surface area contributed by atoms with Gasteiger partial charge in [0.2, 0.25) is 0 Å². The number of carbonyl (C=O) groups is 1. The quantitative estimate of drug-likeness (QED) is 0.928. The van der Waals surface area contributed by atoms with Gasteiger partial charge in [-0.05, 0) is 38.5 Å². The lowest BCUT2D eigenvalue weighted by Crippen LogP contribution is -2.51. The van der Waals surface area contributed by atoms with Crippen molar-refractivity contribution < 1.29 is 13.9 Å². The molecule has 1 aromatic carbocycles. The van der Waals surface area contributed by atoms with Gasteiger partial charge in [0.15, 0.2) is 0 Å². The number of hydrogen-bond acceptors (Lipinski definition) is 4. The van der Waals surface area contributed by atoms with Crippen molar-refractivity contribution in [3.05, 3.63) is 35.6 Å². The third kappa shape index (κ3) is 4.91. The Kier molecular flexibility index (Phi) is 5.59. The van der Waals surface area contributed by atoms with E-state index in [0.717, 1.165) is 18.7 Å². The molecule has 1 aliphatic rings. The van der Waals surface area contributed by atoms with Gasteiger partial charge in [-0.3, -0.25) is 4.90 Å². The number of hydrogen-bond donors (Lipinski definition) is 1. The monoisotopic (exact) mass is 323 g/mol. The number of ether oxygens (including phenoxy) is 1. The number of nitrogens with two attached hydrogens (primary N) is 1. The van der Waals surface area contributed by atoms with Gasteiger partial charge in [0.25, 0.3) is 0 Å². The fourth-order valence-electron chi connectivity index (χ4n) is 2.72. The highest BCUT2D eigenvalue weighted by molar-refractivity contribution is 5.68. The van der Waals surface area contributed by atoms with Crippen molar-refractivity contribution >= 4 is 6.09 Å². The van der Waals surface area contributed by atoms with Crippen molar-refractivity contribution in [2.45, 2.75) is 32.4 Å². The molecule has 1 amide bonds. The van der Waals surface area contributed by atoms with Crippen LogP contribution in [0.3, 0.4) is 0 Å². The molecule has 0 saturated carbocycles. The maximum atomic E-state index is 13.1. The Bertz CT molecular complexity index is 520. The van der Waals surface area contributed by atoms with Crippen LogP contribution in [0, 0.1) is 5.82 Å². The summed E-state index contributed by atoms with van der Waals surface area (Å²) in [5, 5.41) is 0. The van der Waals surface area contributed by atoms with Crippen molar-refractivity contribution in [1.29, 1.82) is 0 Å². The largest absolute Gasteiger partial charge is 0.444 e. The number of carbonyl (C=O) groups excluding carboxylic acids is 1. The Balaban J connectivity index is 1.94. The number of benzene rings is 1. The van der Waals surface area contributed by atoms with Crippen molar-refractivity contribution in [2.75, 3.05) is 32.7 Å². The predicted octanol–water partition coefficient (Wildman–Crippen LogP) is 2.38. The Morgan fingerprint density at radius 2 is 1.78 bits per heavy atom. The molecule has 0 radical (unpaired) electrons. The minimum absolute atomic E-state index is 0.0383. The average molecular weight is 323 g/mol. The molecule has 1 heterocycles. The molecule has 1 atom stereocenters. The molecule has 6 heteroatoms. The topological polar surface area (TPSA) is 58.8 Å². The molecular weight excluding hydrogens is 297 g/mol. The second-order valence-electron chi connectivity index (χ2n) is 6.81. The van der Waals surface area contributed by atoms with Crippen LogP contribution in [0.4, 0.5) is 9.18 Å². The van der Waals surface area contributed by atoms with Gasteiger partial charge in [0.1, 0.15) is 11.4 Å². The smallest absolute Gasteiger partial charge is 0.410 e. The molecule has 128 valence electrons. The van der Waals surface area contributed by atoms with Crippen molar-refractivity contribution in [1.82, 2.24) is 9.80 Å². The zero-order valence-electron chi connectivity index (χ0n) is 14.1. The van der Waals surface area contributed by atoms with Crippen LogP contribution in [-0.2, 0) is 4.74 Å². The van der Waals surface area contributed by atoms with Crippen LogP contribution in [0.15, 0.2) is 24.3 Å². The number of nitrogens with zero attached hydrogens (tertiary/aromatic N) is 2. The highest BCUT2D eigenvalue weighted by Crippen LogP contribution is 2.22. The molecule has 23 heavy (non-hydrogen) atoms. The fraction of sp³-hybridized carbons (Fsp3) is 0.588. The van der Waals surface area contributed by atoms with E-state index in [1.165, 1.54) is 12.1 Å². The highest BCUT2D eigenvalue weighted by Gasteiger charge is 2.28. The van der Waals surface area contributed by atoms with E-state index in [4.69, 9.17) is 10.5 Å². The summed E-state index contributed by atoms with van der Waals surface area (Å²) in [5.41, 5.74) is 6.43. The van der Waals surface area contributed by atoms with Crippen molar-refractivity contribution in [3.63, 3.8) is 0 Å². The molecule has 0 spiro atoms. The van der Waals surface area contributed by atoms with Crippen LogP contribution in [0.1, 0.15) is 32.4 Å². The number of piperazine rings is 1. The summed E-state index contributed by atoms with van der Waals surface area (Å²) < 4.78 is 18.5. The molecule has 5 nitrogen and oxygen atoms in total. The minimum Gasteiger partial charge on any atom is -0.444 e. The maximum absolute atomic E-state index is 13.1. The lowest BCUT2D eigenvalue weighted by molar-refractivity contribution is 0.0106. The molecule has 0 bridgehead atoms. The molecule has 0 aromatic heterocycles. The van der Waals surface area contributed by atoms with Crippen LogP contribution < -0.4 is 5.73 Å². The van der Waals surface area contributed by atoms with Crippen molar-refractivity contribution in [2.24, 2.45) is 5.73 Å². The lowest BCUT2D eigenvalue weighted by atomic mass is 10.0. The molecular formula is C17H26FN3O2. The molecule has 0 unspecified atom stereocenters. The molecule has 2 N–H and O–H groups in total. The van der Waals surface area contributed by atoms with E-state index >= 15 is 0 Å². The number of amides is 1. The van der Waals surface area contributed by atoms with Crippen LogP contribution >= 0.6 is 0 Å². The van der Waals surface area contributed by atoms with Crippen molar-refractivity contribution in [3.8, 4) is 0 Å². The van der Waals surface area contributed by atoms with E-state index in [-0.39, 0.29) is 18.0 Å². The Morgan fingerprint density at radius 3 is 2.26 bits per heavy atom. The maximum Gasteiger partial charge on any atom is 0.410 e. The summed E-state index contributed by atoms with van der Waals surface area (Å²) in [6.07, 6.45) is -0.275. The number of halogens is 1. The summed E-state index contributed by atoms with van der Waals surface area (Å²) in [5.74, 6) is -0.251. The standard InChI is InChI=1S/C17H26FN3O2/c1-17(2,3)23-16(22)21-10-8-20(9-11-21)15(12-19)13-4-6-14(18)7-5-13/h4-7,15H,8-12,19H2,1-3H3/t15-/m1/s1. The predicted molar refractivity (Wildman–Crippen MR) is 87.6 cm³/mol. The lowest BCUT2D eigenvalue weighted by Gasteiger charge is -2.39. The SMILES string of the molecule is CC(C)(C)OC(=O)N1CCN([C@H](CN)c2ccc(F)cc2)CC1. The van der Waals surface area contributed by atoms with E-state index < -0.39 is 5.60 Å². The third-order valence-corrected chi connectivity index (χ3v) is 3.88. The molecule has 0 aliphatic carbocycles. The first-order valence-electron chi connectivity index (χ1n) is 7.97. The third-order valence-electron chi connectivity index (χ3n) is 3.88. The molecule has 1 aromatic rings. The van der Waals surface area contributed by atoms with E-state index in [1.54, 1.807) is 17.0 Å². The highest BCUT2D eigenvalue weighted by atomic mass is 19.1. The normalized spacial score (nSPS) is 17.9. The first-order chi connectivity index (χ1) is 10.8.